The van der Waals surface area contributed by atoms with Crippen molar-refractivity contribution in [1.82, 2.24) is 4.31 Å². The quantitative estimate of drug-likeness (QED) is 0.538. The third kappa shape index (κ3) is 7.10. The van der Waals surface area contributed by atoms with Crippen molar-refractivity contribution in [3.05, 3.63) is 18.2 Å². The molecule has 154 valence electrons. The molecule has 1 aromatic carbocycles. The van der Waals surface area contributed by atoms with E-state index in [0.29, 0.717) is 25.4 Å². The molecule has 0 atom stereocenters. The molecule has 9 heteroatoms. The highest BCUT2D eigenvalue weighted by Gasteiger charge is 2.23. The number of nitrogens with one attached hydrogen (secondary N) is 1. The second-order valence-corrected chi connectivity index (χ2v) is 7.95. The summed E-state index contributed by atoms with van der Waals surface area (Å²) in [6.45, 7) is 8.46. The number of nitrogens with zero attached hydrogens (tertiary/aromatic N) is 1. The molecule has 1 aromatic rings. The molecule has 27 heavy (non-hydrogen) atoms. The first kappa shape index (κ1) is 23.4. The topological polar surface area (TPSA) is 94.2 Å². The lowest BCUT2D eigenvalue weighted by Crippen LogP contribution is -2.30. The summed E-state index contributed by atoms with van der Waals surface area (Å²) in [4.78, 5) is 12.2. The van der Waals surface area contributed by atoms with Gasteiger partial charge in [-0.25, -0.2) is 8.42 Å². The van der Waals surface area contributed by atoms with Gasteiger partial charge in [0.1, 0.15) is 12.4 Å². The Morgan fingerprint density at radius 3 is 2.41 bits per heavy atom. The van der Waals surface area contributed by atoms with Crippen LogP contribution in [-0.2, 0) is 24.3 Å². The van der Waals surface area contributed by atoms with Crippen LogP contribution in [0.4, 0.5) is 5.69 Å². The van der Waals surface area contributed by atoms with Crippen LogP contribution in [0.15, 0.2) is 23.1 Å². The largest absolute Gasteiger partial charge is 0.489 e. The Morgan fingerprint density at radius 1 is 1.19 bits per heavy atom. The predicted molar refractivity (Wildman–Crippen MR) is 104 cm³/mol. The van der Waals surface area contributed by atoms with Crippen molar-refractivity contribution < 1.29 is 27.4 Å². The van der Waals surface area contributed by atoms with Crippen molar-refractivity contribution in [1.29, 1.82) is 0 Å². The molecule has 0 unspecified atom stereocenters. The average Bonchev–Trinajstić information content (AvgIpc) is 2.60. The predicted octanol–water partition coefficient (Wildman–Crippen LogP) is 2.11. The Balaban J connectivity index is 3.09. The van der Waals surface area contributed by atoms with Crippen molar-refractivity contribution in [2.45, 2.75) is 38.7 Å². The van der Waals surface area contributed by atoms with Gasteiger partial charge in [0, 0.05) is 20.2 Å². The highest BCUT2D eigenvalue weighted by atomic mass is 32.2. The van der Waals surface area contributed by atoms with Crippen molar-refractivity contribution >= 4 is 21.6 Å². The van der Waals surface area contributed by atoms with Gasteiger partial charge in [0.05, 0.1) is 29.9 Å². The third-order valence-electron chi connectivity index (χ3n) is 3.60. The summed E-state index contributed by atoms with van der Waals surface area (Å²) in [5, 5.41) is 2.67. The molecule has 0 spiro atoms. The molecule has 0 aromatic heterocycles. The molecule has 0 radical (unpaired) electrons. The fourth-order valence-electron chi connectivity index (χ4n) is 2.33. The first-order valence-electron chi connectivity index (χ1n) is 8.93. The van der Waals surface area contributed by atoms with E-state index in [1.54, 1.807) is 27.0 Å². The van der Waals surface area contributed by atoms with E-state index >= 15 is 0 Å². The van der Waals surface area contributed by atoms with Crippen LogP contribution in [0.1, 0.15) is 27.7 Å². The van der Waals surface area contributed by atoms with Crippen LogP contribution in [-0.4, -0.2) is 64.8 Å². The first-order chi connectivity index (χ1) is 12.8. The van der Waals surface area contributed by atoms with Gasteiger partial charge in [0.25, 0.3) is 0 Å². The maximum absolute atomic E-state index is 12.7. The molecule has 0 heterocycles. The highest BCUT2D eigenvalue weighted by Crippen LogP contribution is 2.30. The van der Waals surface area contributed by atoms with Gasteiger partial charge in [-0.2, -0.15) is 4.31 Å². The van der Waals surface area contributed by atoms with Crippen LogP contribution < -0.4 is 10.1 Å². The number of amides is 1. The summed E-state index contributed by atoms with van der Waals surface area (Å²) in [5.74, 6) is -0.00849. The minimum absolute atomic E-state index is 0.0953. The Hall–Kier alpha value is -1.68. The Bertz CT molecular complexity index is 702. The summed E-state index contributed by atoms with van der Waals surface area (Å²) < 4.78 is 42.6. The van der Waals surface area contributed by atoms with Crippen LogP contribution in [0.2, 0.25) is 0 Å². The van der Waals surface area contributed by atoms with Gasteiger partial charge >= 0.3 is 0 Å². The minimum Gasteiger partial charge on any atom is -0.489 e. The van der Waals surface area contributed by atoms with Crippen LogP contribution in [0, 0.1) is 0 Å². The van der Waals surface area contributed by atoms with E-state index in [-0.39, 0.29) is 29.9 Å². The lowest BCUT2D eigenvalue weighted by molar-refractivity contribution is -0.121. The summed E-state index contributed by atoms with van der Waals surface area (Å²) in [6, 6.07) is 4.45. The summed E-state index contributed by atoms with van der Waals surface area (Å²) in [6.07, 6.45) is -0.135. The zero-order chi connectivity index (χ0) is 20.4. The Morgan fingerprint density at radius 2 is 1.85 bits per heavy atom. The fourth-order valence-corrected chi connectivity index (χ4v) is 3.81. The lowest BCUT2D eigenvalue weighted by atomic mass is 10.3. The number of carbonyl (C=O) groups is 1. The van der Waals surface area contributed by atoms with Gasteiger partial charge in [-0.15, -0.1) is 0 Å². The molecular weight excluding hydrogens is 372 g/mol. The zero-order valence-electron chi connectivity index (χ0n) is 16.6. The summed E-state index contributed by atoms with van der Waals surface area (Å²) in [7, 11) is -2.11. The van der Waals surface area contributed by atoms with Gasteiger partial charge in [-0.05, 0) is 32.0 Å². The minimum atomic E-state index is -3.65. The summed E-state index contributed by atoms with van der Waals surface area (Å²) in [5.41, 5.74) is 0.289. The average molecular weight is 403 g/mol. The second kappa shape index (κ2) is 11.2. The van der Waals surface area contributed by atoms with Gasteiger partial charge in [-0.1, -0.05) is 13.8 Å². The van der Waals surface area contributed by atoms with E-state index in [0.717, 1.165) is 0 Å². The zero-order valence-corrected chi connectivity index (χ0v) is 17.5. The maximum atomic E-state index is 12.7. The van der Waals surface area contributed by atoms with Gasteiger partial charge in [-0.3, -0.25) is 4.79 Å². The van der Waals surface area contributed by atoms with E-state index in [1.807, 2.05) is 13.8 Å². The molecule has 0 aliphatic heterocycles. The Kier molecular flexibility index (Phi) is 9.71. The number of methoxy groups -OCH3 is 1. The number of rotatable bonds is 12. The molecular formula is C18H30N2O6S. The monoisotopic (exact) mass is 402 g/mol. The molecule has 0 saturated carbocycles. The molecule has 1 rings (SSSR count). The van der Waals surface area contributed by atoms with Crippen LogP contribution >= 0.6 is 0 Å². The Labute approximate surface area is 161 Å². The smallest absolute Gasteiger partial charge is 0.250 e. The van der Waals surface area contributed by atoms with Crippen LogP contribution in [0.3, 0.4) is 0 Å². The van der Waals surface area contributed by atoms with E-state index in [1.165, 1.54) is 16.4 Å². The first-order valence-corrected chi connectivity index (χ1v) is 10.4. The SMILES string of the molecule is CCN(CC)S(=O)(=O)c1ccc(OC(C)C)c(NC(=O)COCCOC)c1. The molecule has 0 fully saturated rings. The normalized spacial score (nSPS) is 11.8. The molecule has 8 nitrogen and oxygen atoms in total. The molecule has 0 aliphatic carbocycles. The van der Waals surface area contributed by atoms with Crippen molar-refractivity contribution in [3.63, 3.8) is 0 Å². The fraction of sp³-hybridized carbons (Fsp3) is 0.611. The molecule has 0 bridgehead atoms. The van der Waals surface area contributed by atoms with Crippen LogP contribution in [0.5, 0.6) is 5.75 Å². The van der Waals surface area contributed by atoms with Crippen molar-refractivity contribution in [3.8, 4) is 5.75 Å². The number of ether oxygens (including phenoxy) is 3. The van der Waals surface area contributed by atoms with Gasteiger partial charge in [0.2, 0.25) is 15.9 Å². The van der Waals surface area contributed by atoms with E-state index < -0.39 is 15.9 Å². The molecule has 0 saturated heterocycles. The maximum Gasteiger partial charge on any atom is 0.250 e. The number of hydrogen-bond acceptors (Lipinski definition) is 6. The van der Waals surface area contributed by atoms with Gasteiger partial charge < -0.3 is 19.5 Å². The van der Waals surface area contributed by atoms with Gasteiger partial charge in [0.15, 0.2) is 0 Å². The molecule has 1 amide bonds. The lowest BCUT2D eigenvalue weighted by Gasteiger charge is -2.20. The van der Waals surface area contributed by atoms with E-state index in [2.05, 4.69) is 5.32 Å². The molecule has 0 aliphatic rings. The standard InChI is InChI=1S/C18H30N2O6S/c1-6-20(7-2)27(22,23)15-8-9-17(26-14(3)4)16(12-15)19-18(21)13-25-11-10-24-5/h8-9,12,14H,6-7,10-11,13H2,1-5H3,(H,19,21). The second-order valence-electron chi connectivity index (χ2n) is 6.01. The van der Waals surface area contributed by atoms with Crippen LogP contribution in [0.25, 0.3) is 0 Å². The number of hydrogen-bond donors (Lipinski definition) is 1. The van der Waals surface area contributed by atoms with Crippen molar-refractivity contribution in [2.75, 3.05) is 45.3 Å². The number of sulfonamides is 1. The summed E-state index contributed by atoms with van der Waals surface area (Å²) >= 11 is 0. The molecule has 1 N–H and O–H groups in total. The van der Waals surface area contributed by atoms with E-state index in [9.17, 15) is 13.2 Å². The van der Waals surface area contributed by atoms with Crippen molar-refractivity contribution in [2.24, 2.45) is 0 Å². The number of benzene rings is 1. The number of carbonyl (C=O) groups excluding carboxylic acids is 1. The number of anilines is 1. The highest BCUT2D eigenvalue weighted by molar-refractivity contribution is 7.89. The van der Waals surface area contributed by atoms with E-state index in [4.69, 9.17) is 14.2 Å². The third-order valence-corrected chi connectivity index (χ3v) is 5.64.